The standard InChI is InChI=1S/C25H30O2S.C16H20O2S.C9H11.3C2H4O2.Pb/c1-15-6-8-21(9-7-15)28-14-19(5)20-12-22(26)25(23(27)13-20)24-17(3)10-16(2)11-18(24)4;1-11-3-5-16(6-4-11)19-10-12(2)13-7-14(17)9-15(18)8-13;1-7-4-8(2)6-9(3)5-7;3*1-2(3)4;/h6-11,19-20,26H,12-14H2,1-5H3;3-6,9,12-13,17H,7-8,10H2,1-2H3;4-5H,1-3H3;3*1H3,(H,3,4);/q;;;;;;+3/p-3. The number of benzene rings is 4. The van der Waals surface area contributed by atoms with E-state index in [4.69, 9.17) is 8.06 Å². The van der Waals surface area contributed by atoms with Crippen LogP contribution in [0.5, 0.6) is 0 Å². The van der Waals surface area contributed by atoms with Crippen LogP contribution < -0.4 is 3.12 Å². The molecule has 0 aromatic heterocycles. The van der Waals surface area contributed by atoms with Crippen LogP contribution in [0.2, 0.25) is 0 Å². The fourth-order valence-corrected chi connectivity index (χ4v) is 21.5. The van der Waals surface area contributed by atoms with Gasteiger partial charge < -0.3 is 10.2 Å². The van der Waals surface area contributed by atoms with E-state index in [0.717, 1.165) is 44.9 Å². The molecular weight excluding hydrogens is 1100 g/mol. The second-order valence-corrected chi connectivity index (χ2v) is 29.6. The second kappa shape index (κ2) is 26.0. The summed E-state index contributed by atoms with van der Waals surface area (Å²) in [6, 6.07) is 25.0. The molecule has 69 heavy (non-hydrogen) atoms. The number of aliphatic hydroxyl groups excluding tert-OH is 2. The first kappa shape index (κ1) is 56.9. The number of carbonyl (C=O) groups is 5. The SMILES string of the molecule is CC(=O)[O][Pb]([O]C(C)=O)([O]C(C)=O)[c]1c(C)cc(C)cc1C.Cc1ccc(SCC(C)C2CC(=O)C(c3c(C)cc(C)cc3C)=C(O)C2)cc1.Cc1ccc(SCC(C)C2CC(=O)C=C(O)C2)cc1. The van der Waals surface area contributed by atoms with Crippen LogP contribution in [0.4, 0.5) is 0 Å². The Kier molecular flexibility index (Phi) is 21.4. The fourth-order valence-electron chi connectivity index (χ4n) is 8.93. The van der Waals surface area contributed by atoms with Gasteiger partial charge in [-0.1, -0.05) is 66.9 Å². The van der Waals surface area contributed by atoms with E-state index >= 15 is 0 Å². The Morgan fingerprint density at radius 1 is 0.580 bits per heavy atom. The molecule has 0 amide bonds. The van der Waals surface area contributed by atoms with Crippen molar-refractivity contribution in [2.24, 2.45) is 23.7 Å². The van der Waals surface area contributed by atoms with Crippen molar-refractivity contribution >= 4 is 84.2 Å². The molecule has 0 saturated carbocycles. The first-order valence-electron chi connectivity index (χ1n) is 23.4. The number of rotatable bonds is 13. The van der Waals surface area contributed by atoms with Gasteiger partial charge in [-0.05, 0) is 99.2 Å². The van der Waals surface area contributed by atoms with Crippen LogP contribution in [0, 0.1) is 79.1 Å². The summed E-state index contributed by atoms with van der Waals surface area (Å²) in [5.41, 5.74) is 9.85. The molecule has 2 aliphatic rings. The van der Waals surface area contributed by atoms with Crippen LogP contribution in [0.15, 0.2) is 100 Å². The number of aliphatic hydroxyl groups is 2. The number of allylic oxidation sites excluding steroid dienone is 4. The van der Waals surface area contributed by atoms with E-state index in [1.165, 1.54) is 53.3 Å². The van der Waals surface area contributed by atoms with Gasteiger partial charge in [-0.15, -0.1) is 23.5 Å². The van der Waals surface area contributed by atoms with Crippen LogP contribution >= 0.6 is 23.5 Å². The van der Waals surface area contributed by atoms with Gasteiger partial charge in [-0.2, -0.15) is 0 Å². The maximum Gasteiger partial charge on any atom is 0.167 e. The molecule has 0 aliphatic heterocycles. The first-order chi connectivity index (χ1) is 32.4. The Hall–Kier alpha value is -4.67. The molecule has 4 atom stereocenters. The Bertz CT molecular complexity index is 2480. The van der Waals surface area contributed by atoms with Gasteiger partial charge in [-0.3, -0.25) is 9.59 Å². The summed E-state index contributed by atoms with van der Waals surface area (Å²) in [6.45, 7) is 23.8. The summed E-state index contributed by atoms with van der Waals surface area (Å²) in [7, 11) is 0. The summed E-state index contributed by atoms with van der Waals surface area (Å²) < 4.78 is 16.6. The van der Waals surface area contributed by atoms with Gasteiger partial charge in [0.2, 0.25) is 0 Å². The number of hydrogen-bond donors (Lipinski definition) is 2. The molecule has 4 unspecified atom stereocenters. The van der Waals surface area contributed by atoms with Crippen LogP contribution in [0.3, 0.4) is 0 Å². The van der Waals surface area contributed by atoms with E-state index in [0.29, 0.717) is 46.2 Å². The normalized spacial score (nSPS) is 16.7. The van der Waals surface area contributed by atoms with Gasteiger partial charge in [0.15, 0.2) is 11.6 Å². The monoisotopic (exact) mass is 1170 g/mol. The molecule has 0 fully saturated rings. The van der Waals surface area contributed by atoms with Crippen molar-refractivity contribution < 1.29 is 42.2 Å². The maximum atomic E-state index is 13.0. The largest absolute Gasteiger partial charge is 0.512 e. The predicted molar refractivity (Wildman–Crippen MR) is 280 cm³/mol. The molecule has 10 nitrogen and oxygen atoms in total. The fraction of sp³-hybridized carbons (Fsp3) is 0.411. The number of hydrogen-bond acceptors (Lipinski definition) is 12. The third-order valence-electron chi connectivity index (χ3n) is 12.2. The molecule has 6 rings (SSSR count). The van der Waals surface area contributed by atoms with Crippen molar-refractivity contribution in [3.05, 3.63) is 140 Å². The van der Waals surface area contributed by atoms with Crippen LogP contribution in [0.25, 0.3) is 5.57 Å². The zero-order valence-corrected chi connectivity index (χ0v) is 48.1. The number of ketones is 2. The molecule has 370 valence electrons. The van der Waals surface area contributed by atoms with E-state index in [9.17, 15) is 34.2 Å². The summed E-state index contributed by atoms with van der Waals surface area (Å²) in [5.74, 6) is 1.88. The Balaban J connectivity index is 0.000000230. The van der Waals surface area contributed by atoms with E-state index in [1.807, 2.05) is 56.4 Å². The minimum Gasteiger partial charge on any atom is -0.512 e. The van der Waals surface area contributed by atoms with Gasteiger partial charge in [0.05, 0.1) is 11.3 Å². The van der Waals surface area contributed by atoms with Crippen molar-refractivity contribution in [2.75, 3.05) is 11.5 Å². The minimum absolute atomic E-state index is 0.0564. The van der Waals surface area contributed by atoms with E-state index < -0.39 is 40.4 Å². The Morgan fingerprint density at radius 3 is 1.35 bits per heavy atom. The summed E-state index contributed by atoms with van der Waals surface area (Å²) in [6.07, 6.45) is 3.68. The number of Topliss-reactive ketones (excluding diaryl/α,β-unsaturated/α-hetero) is 1. The zero-order chi connectivity index (χ0) is 51.3. The molecule has 4 aromatic rings. The summed E-state index contributed by atoms with van der Waals surface area (Å²) in [4.78, 5) is 61.6. The maximum absolute atomic E-state index is 13.0. The minimum atomic E-state index is -5.10. The molecule has 0 bridgehead atoms. The number of carbonyl (C=O) groups excluding carboxylic acids is 5. The van der Waals surface area contributed by atoms with Gasteiger partial charge >= 0.3 is 136 Å². The van der Waals surface area contributed by atoms with Crippen molar-refractivity contribution in [3.8, 4) is 0 Å². The molecule has 0 heterocycles. The number of aryl methyl sites for hydroxylation is 8. The molecule has 0 saturated heterocycles. The molecular formula is C56H70O10PbS2. The molecule has 2 N–H and O–H groups in total. The van der Waals surface area contributed by atoms with E-state index in [1.54, 1.807) is 13.8 Å². The van der Waals surface area contributed by atoms with Crippen molar-refractivity contribution in [1.82, 2.24) is 0 Å². The van der Waals surface area contributed by atoms with Crippen LogP contribution in [-0.2, 0) is 32.0 Å². The average Bonchev–Trinajstić information content (AvgIpc) is 3.22. The van der Waals surface area contributed by atoms with Crippen LogP contribution in [0.1, 0.15) is 110 Å². The van der Waals surface area contributed by atoms with Gasteiger partial charge in [0.25, 0.3) is 0 Å². The Morgan fingerprint density at radius 2 is 0.971 bits per heavy atom. The quantitative estimate of drug-likeness (QED) is 0.0967. The molecule has 0 spiro atoms. The van der Waals surface area contributed by atoms with Gasteiger partial charge in [-0.25, -0.2) is 0 Å². The second-order valence-electron chi connectivity index (χ2n) is 18.8. The third kappa shape index (κ3) is 17.0. The van der Waals surface area contributed by atoms with E-state index in [-0.39, 0.29) is 34.9 Å². The van der Waals surface area contributed by atoms with Crippen molar-refractivity contribution in [3.63, 3.8) is 0 Å². The van der Waals surface area contributed by atoms with Gasteiger partial charge in [0.1, 0.15) is 5.76 Å². The number of thioether (sulfide) groups is 2. The Labute approximate surface area is 424 Å². The predicted octanol–water partition coefficient (Wildman–Crippen LogP) is 12.2. The topological polar surface area (TPSA) is 154 Å². The van der Waals surface area contributed by atoms with Gasteiger partial charge in [0, 0.05) is 53.1 Å². The smallest absolute Gasteiger partial charge is 0.167 e. The summed E-state index contributed by atoms with van der Waals surface area (Å²) in [5, 5.41) is 20.3. The van der Waals surface area contributed by atoms with Crippen LogP contribution in [-0.4, -0.2) is 73.7 Å². The third-order valence-corrected chi connectivity index (χ3v) is 26.7. The zero-order valence-electron chi connectivity index (χ0n) is 42.5. The van der Waals surface area contributed by atoms with Crippen molar-refractivity contribution in [1.29, 1.82) is 0 Å². The average molecular weight is 1170 g/mol. The van der Waals surface area contributed by atoms with Crippen molar-refractivity contribution in [2.45, 2.75) is 125 Å². The molecule has 0 radical (unpaired) electrons. The molecule has 2 aliphatic carbocycles. The molecule has 13 heteroatoms. The molecule has 4 aromatic carbocycles. The van der Waals surface area contributed by atoms with E-state index in [2.05, 4.69) is 95.3 Å². The first-order valence-corrected chi connectivity index (χ1v) is 32.1. The summed E-state index contributed by atoms with van der Waals surface area (Å²) >= 11 is -1.46.